The molecule has 0 aliphatic heterocycles. The van der Waals surface area contributed by atoms with Gasteiger partial charge in [-0.15, -0.1) is 0 Å². The molecule has 3 N–H and O–H groups in total. The third kappa shape index (κ3) is 42.6. The van der Waals surface area contributed by atoms with Crippen LogP contribution in [0, 0.1) is 39.9 Å². The maximum absolute atomic E-state index is 7.17. The van der Waals surface area contributed by atoms with Crippen LogP contribution in [0.25, 0.3) is 0 Å². The summed E-state index contributed by atoms with van der Waals surface area (Å²) in [5.41, 5.74) is 0. The molecule has 0 unspecified atom stereocenters. The van der Waals surface area contributed by atoms with Crippen LogP contribution in [0.15, 0.2) is 0 Å². The Kier molecular flexibility index (Phi) is 52.3. The van der Waals surface area contributed by atoms with Crippen LogP contribution < -0.4 is 0 Å². The molecule has 3 nitrogen and oxygen atoms in total. The van der Waals surface area contributed by atoms with Gasteiger partial charge in [0.05, 0.1) is 0 Å². The average Bonchev–Trinajstić information content (AvgIpc) is 0.811. The van der Waals surface area contributed by atoms with E-state index in [1.165, 1.54) is 0 Å². The normalized spacial score (nSPS) is 3.86. The summed E-state index contributed by atoms with van der Waals surface area (Å²) in [4.78, 5) is 0. The number of rotatable bonds is 0. The quantitative estimate of drug-likeness (QED) is 0.408. The van der Waals surface area contributed by atoms with Crippen molar-refractivity contribution >= 4 is 52.8 Å². The molecular formula is H5BGdO3ScSr. The summed E-state index contributed by atoms with van der Waals surface area (Å²) < 4.78 is 0. The maximum atomic E-state index is 7.17. The Labute approximate surface area is 130 Å². The van der Waals surface area contributed by atoms with Gasteiger partial charge in [0.1, 0.15) is 0 Å². The third-order valence-electron chi connectivity index (χ3n) is 0. The molecule has 0 saturated heterocycles. The Hall–Kier alpha value is 3.62. The summed E-state index contributed by atoms with van der Waals surface area (Å²) in [5.74, 6) is 0. The van der Waals surface area contributed by atoms with Gasteiger partial charge in [-0.1, -0.05) is 0 Å². The Morgan fingerprint density at radius 1 is 1.00 bits per heavy atom. The molecule has 0 fully saturated rings. The van der Waals surface area contributed by atoms with Crippen LogP contribution in [0.4, 0.5) is 0 Å². The van der Waals surface area contributed by atoms with Crippen molar-refractivity contribution in [2.24, 2.45) is 0 Å². The summed E-state index contributed by atoms with van der Waals surface area (Å²) >= 11 is 0. The fourth-order valence-corrected chi connectivity index (χ4v) is 0. The second kappa shape index (κ2) is 16.3. The van der Waals surface area contributed by atoms with Crippen molar-refractivity contribution in [1.82, 2.24) is 0 Å². The van der Waals surface area contributed by atoms with Gasteiger partial charge in [-0.2, -0.15) is 0 Å². The van der Waals surface area contributed by atoms with Crippen LogP contribution in [-0.2, 0) is 25.8 Å². The Bertz CT molecular complexity index is 19.7. The van der Waals surface area contributed by atoms with E-state index in [2.05, 4.69) is 0 Å². The van der Waals surface area contributed by atoms with Gasteiger partial charge in [0.2, 0.25) is 0 Å². The molecule has 0 aliphatic carbocycles. The van der Waals surface area contributed by atoms with Gasteiger partial charge in [-0.25, -0.2) is 0 Å². The van der Waals surface area contributed by atoms with Gasteiger partial charge < -0.3 is 15.1 Å². The first-order valence-electron chi connectivity index (χ1n) is 0.775. The van der Waals surface area contributed by atoms with Gasteiger partial charge in [-0.05, 0) is 0 Å². The monoisotopic (exact) mass is 355 g/mol. The minimum atomic E-state index is -2.17. The zero-order valence-electron chi connectivity index (χ0n) is 2.85. The van der Waals surface area contributed by atoms with E-state index in [1.807, 2.05) is 0 Å². The molecule has 0 amide bonds. The van der Waals surface area contributed by atoms with Gasteiger partial charge >= 0.3 is 52.8 Å². The van der Waals surface area contributed by atoms with Crippen LogP contribution >= 0.6 is 0 Å². The van der Waals surface area contributed by atoms with Crippen molar-refractivity contribution in [2.45, 2.75) is 0 Å². The second-order valence-corrected chi connectivity index (χ2v) is 0.346. The molecule has 1 radical (unpaired) electrons. The molecule has 0 saturated carbocycles. The third-order valence-corrected chi connectivity index (χ3v) is 0. The zero-order valence-corrected chi connectivity index (χ0v) is 6.92. The molecule has 0 aromatic carbocycles. The summed E-state index contributed by atoms with van der Waals surface area (Å²) in [5, 5.41) is 21.5. The molecule has 7 heteroatoms. The predicted molar refractivity (Wildman–Crippen MR) is 21.0 cm³/mol. The van der Waals surface area contributed by atoms with Crippen molar-refractivity contribution < 1.29 is 80.9 Å². The molecule has 0 aromatic heterocycles. The first-order valence-corrected chi connectivity index (χ1v) is 0.775. The molecule has 0 aromatic rings. The van der Waals surface area contributed by atoms with E-state index >= 15 is 0 Å². The Balaban J connectivity index is -0.0000000150. The summed E-state index contributed by atoms with van der Waals surface area (Å²) in [7, 11) is -2.17. The van der Waals surface area contributed by atoms with Crippen molar-refractivity contribution in [1.29, 1.82) is 0 Å². The predicted octanol–water partition coefficient (Wildman–Crippen LogP) is -2.97. The fraction of sp³-hybridized carbons (Fsp3) is 0. The molecule has 0 aliphatic rings. The van der Waals surface area contributed by atoms with E-state index in [9.17, 15) is 0 Å². The molecule has 7 heavy (non-hydrogen) atoms. The van der Waals surface area contributed by atoms with E-state index < -0.39 is 7.32 Å². The molecule has 0 rings (SSSR count). The summed E-state index contributed by atoms with van der Waals surface area (Å²) in [6.07, 6.45) is 0. The van der Waals surface area contributed by atoms with Crippen LogP contribution in [-0.4, -0.2) is 67.9 Å². The van der Waals surface area contributed by atoms with E-state index in [1.54, 1.807) is 0 Å². The minimum absolute atomic E-state index is 0. The van der Waals surface area contributed by atoms with Gasteiger partial charge in [0, 0.05) is 65.8 Å². The Morgan fingerprint density at radius 2 is 1.00 bits per heavy atom. The van der Waals surface area contributed by atoms with E-state index in [4.69, 9.17) is 15.1 Å². The molecule has 0 atom stereocenters. The first kappa shape index (κ1) is 22.4. The van der Waals surface area contributed by atoms with Crippen molar-refractivity contribution in [3.05, 3.63) is 0 Å². The SMILES string of the molecule is OB(O)O.[Gd].[Sc].[SrH2]. The average molecular weight is 354 g/mol. The molecule has 39 valence electrons. The van der Waals surface area contributed by atoms with Gasteiger partial charge in [-0.3, -0.25) is 0 Å². The second-order valence-electron chi connectivity index (χ2n) is 0.346. The van der Waals surface area contributed by atoms with Crippen LogP contribution in [0.2, 0.25) is 0 Å². The number of hydrogen-bond acceptors (Lipinski definition) is 3. The molecule has 0 heterocycles. The zero-order chi connectivity index (χ0) is 3.58. The fourth-order valence-electron chi connectivity index (χ4n) is 0. The van der Waals surface area contributed by atoms with Gasteiger partial charge in [0.15, 0.2) is 0 Å². The van der Waals surface area contributed by atoms with Crippen LogP contribution in [0.5, 0.6) is 0 Å². The van der Waals surface area contributed by atoms with Crippen LogP contribution in [0.1, 0.15) is 0 Å². The summed E-state index contributed by atoms with van der Waals surface area (Å²) in [6, 6.07) is 0. The number of hydrogen-bond donors (Lipinski definition) is 3. The standard InChI is InChI=1S/BH3O3.Gd.Sc.Sr.2H/c2-1(3)4;;;;;/h2-4H;;;;;. The van der Waals surface area contributed by atoms with Crippen molar-refractivity contribution in [2.75, 3.05) is 0 Å². The van der Waals surface area contributed by atoms with Crippen molar-refractivity contribution in [3.63, 3.8) is 0 Å². The van der Waals surface area contributed by atoms with Crippen LogP contribution in [0.3, 0.4) is 0 Å². The van der Waals surface area contributed by atoms with E-state index in [0.29, 0.717) is 0 Å². The van der Waals surface area contributed by atoms with E-state index in [0.717, 1.165) is 0 Å². The topological polar surface area (TPSA) is 60.7 Å². The molecular weight excluding hydrogens is 349 g/mol. The molecule has 0 bridgehead atoms. The Morgan fingerprint density at radius 3 is 1.00 bits per heavy atom. The first-order chi connectivity index (χ1) is 1.73. The molecule has 0 spiro atoms. The van der Waals surface area contributed by atoms with Crippen molar-refractivity contribution in [3.8, 4) is 0 Å². The van der Waals surface area contributed by atoms with Gasteiger partial charge in [0.25, 0.3) is 0 Å². The summed E-state index contributed by atoms with van der Waals surface area (Å²) in [6.45, 7) is 0. The van der Waals surface area contributed by atoms with E-state index in [-0.39, 0.29) is 111 Å².